The molecule has 1 amide bonds. The van der Waals surface area contributed by atoms with Crippen LogP contribution in [0.3, 0.4) is 0 Å². The highest BCUT2D eigenvalue weighted by atomic mass is 16.3. The fourth-order valence-corrected chi connectivity index (χ4v) is 3.17. The summed E-state index contributed by atoms with van der Waals surface area (Å²) >= 11 is 0. The second-order valence-corrected chi connectivity index (χ2v) is 6.36. The number of furan rings is 1. The standard InChI is InChI=1S/C19H23NO3/c1-3-17(15-10-16(21)11-15)20-19(22)14-6-4-5-13(9-14)18-8-7-12(2)23-18/h4-9,15-17,21H,3,10-11H2,1-2H3,(H,20,22). The van der Waals surface area contributed by atoms with Gasteiger partial charge in [-0.25, -0.2) is 0 Å². The van der Waals surface area contributed by atoms with Gasteiger partial charge in [0.1, 0.15) is 11.5 Å². The highest BCUT2D eigenvalue weighted by Crippen LogP contribution is 2.31. The lowest BCUT2D eigenvalue weighted by Gasteiger charge is -2.37. The van der Waals surface area contributed by atoms with Gasteiger partial charge in [-0.2, -0.15) is 0 Å². The van der Waals surface area contributed by atoms with Gasteiger partial charge >= 0.3 is 0 Å². The minimum Gasteiger partial charge on any atom is -0.461 e. The van der Waals surface area contributed by atoms with Gasteiger partial charge in [-0.3, -0.25) is 4.79 Å². The van der Waals surface area contributed by atoms with E-state index in [1.165, 1.54) is 0 Å². The summed E-state index contributed by atoms with van der Waals surface area (Å²) in [6, 6.07) is 11.4. The monoisotopic (exact) mass is 313 g/mol. The first-order valence-corrected chi connectivity index (χ1v) is 8.22. The van der Waals surface area contributed by atoms with Crippen molar-refractivity contribution in [1.82, 2.24) is 5.32 Å². The van der Waals surface area contributed by atoms with Crippen molar-refractivity contribution in [2.24, 2.45) is 5.92 Å². The Morgan fingerprint density at radius 3 is 2.74 bits per heavy atom. The molecule has 1 aliphatic rings. The Kier molecular flexibility index (Phi) is 4.53. The lowest BCUT2D eigenvalue weighted by atomic mass is 9.76. The Hall–Kier alpha value is -2.07. The lowest BCUT2D eigenvalue weighted by molar-refractivity contribution is 0.0232. The van der Waals surface area contributed by atoms with E-state index in [9.17, 15) is 9.90 Å². The van der Waals surface area contributed by atoms with E-state index >= 15 is 0 Å². The number of aliphatic hydroxyl groups excluding tert-OH is 1. The van der Waals surface area contributed by atoms with Crippen LogP contribution in [0.5, 0.6) is 0 Å². The van der Waals surface area contributed by atoms with Crippen molar-refractivity contribution in [2.75, 3.05) is 0 Å². The largest absolute Gasteiger partial charge is 0.461 e. The Morgan fingerprint density at radius 1 is 1.35 bits per heavy atom. The van der Waals surface area contributed by atoms with Gasteiger partial charge in [0, 0.05) is 17.2 Å². The minimum atomic E-state index is -0.198. The molecule has 0 bridgehead atoms. The van der Waals surface area contributed by atoms with Gasteiger partial charge in [0.25, 0.3) is 5.91 Å². The number of rotatable bonds is 5. The molecule has 1 atom stereocenters. The zero-order valence-electron chi connectivity index (χ0n) is 13.6. The Morgan fingerprint density at radius 2 is 2.13 bits per heavy atom. The number of amides is 1. The third kappa shape index (κ3) is 3.48. The summed E-state index contributed by atoms with van der Waals surface area (Å²) in [5, 5.41) is 12.6. The SMILES string of the molecule is CCC(NC(=O)c1cccc(-c2ccc(C)o2)c1)C1CC(O)C1. The number of aliphatic hydroxyl groups is 1. The fourth-order valence-electron chi connectivity index (χ4n) is 3.17. The van der Waals surface area contributed by atoms with Crippen LogP contribution < -0.4 is 5.32 Å². The molecule has 2 aromatic rings. The van der Waals surface area contributed by atoms with Crippen molar-refractivity contribution >= 4 is 5.91 Å². The summed E-state index contributed by atoms with van der Waals surface area (Å²) in [6.07, 6.45) is 2.24. The maximum atomic E-state index is 12.5. The molecule has 23 heavy (non-hydrogen) atoms. The van der Waals surface area contributed by atoms with Crippen molar-refractivity contribution in [3.05, 3.63) is 47.7 Å². The van der Waals surface area contributed by atoms with E-state index in [1.54, 1.807) is 0 Å². The summed E-state index contributed by atoms with van der Waals surface area (Å²) in [7, 11) is 0. The Bertz CT molecular complexity index is 685. The summed E-state index contributed by atoms with van der Waals surface area (Å²) in [5.74, 6) is 1.94. The van der Waals surface area contributed by atoms with E-state index in [1.807, 2.05) is 43.3 Å². The zero-order chi connectivity index (χ0) is 16.4. The first-order valence-electron chi connectivity index (χ1n) is 8.22. The minimum absolute atomic E-state index is 0.0663. The number of aryl methyl sites for hydroxylation is 1. The van der Waals surface area contributed by atoms with Gasteiger partial charge in [0.2, 0.25) is 0 Å². The molecule has 4 nitrogen and oxygen atoms in total. The average molecular weight is 313 g/mol. The molecule has 1 unspecified atom stereocenters. The fraction of sp³-hybridized carbons (Fsp3) is 0.421. The normalized spacial score (nSPS) is 21.5. The van der Waals surface area contributed by atoms with Crippen LogP contribution in [-0.2, 0) is 0 Å². The molecule has 4 heteroatoms. The molecular weight excluding hydrogens is 290 g/mol. The number of benzene rings is 1. The van der Waals surface area contributed by atoms with Crippen LogP contribution >= 0.6 is 0 Å². The molecule has 0 aliphatic heterocycles. The van der Waals surface area contributed by atoms with Gasteiger partial charge < -0.3 is 14.8 Å². The summed E-state index contributed by atoms with van der Waals surface area (Å²) < 4.78 is 5.62. The van der Waals surface area contributed by atoms with E-state index in [-0.39, 0.29) is 18.1 Å². The van der Waals surface area contributed by atoms with Crippen molar-refractivity contribution in [3.8, 4) is 11.3 Å². The molecule has 122 valence electrons. The molecule has 1 heterocycles. The predicted molar refractivity (Wildman–Crippen MR) is 89.2 cm³/mol. The second-order valence-electron chi connectivity index (χ2n) is 6.36. The van der Waals surface area contributed by atoms with Crippen LogP contribution in [0.1, 0.15) is 42.3 Å². The predicted octanol–water partition coefficient (Wildman–Crippen LogP) is 3.53. The van der Waals surface area contributed by atoms with Gasteiger partial charge in [-0.05, 0) is 56.4 Å². The summed E-state index contributed by atoms with van der Waals surface area (Å²) in [5.41, 5.74) is 1.53. The third-order valence-corrected chi connectivity index (χ3v) is 4.62. The van der Waals surface area contributed by atoms with Crippen molar-refractivity contribution < 1.29 is 14.3 Å². The molecule has 1 aromatic heterocycles. The van der Waals surface area contributed by atoms with Crippen molar-refractivity contribution in [3.63, 3.8) is 0 Å². The van der Waals surface area contributed by atoms with Crippen molar-refractivity contribution in [1.29, 1.82) is 0 Å². The molecule has 0 saturated heterocycles. The van der Waals surface area contributed by atoms with Crippen LogP contribution in [-0.4, -0.2) is 23.2 Å². The van der Waals surface area contributed by atoms with Gasteiger partial charge in [-0.1, -0.05) is 19.1 Å². The molecule has 1 saturated carbocycles. The van der Waals surface area contributed by atoms with Gasteiger partial charge in [0.05, 0.1) is 6.10 Å². The van der Waals surface area contributed by atoms with Gasteiger partial charge in [-0.15, -0.1) is 0 Å². The molecule has 1 aliphatic carbocycles. The van der Waals surface area contributed by atoms with E-state index in [0.29, 0.717) is 11.5 Å². The lowest BCUT2D eigenvalue weighted by Crippen LogP contribution is -2.46. The molecule has 3 rings (SSSR count). The third-order valence-electron chi connectivity index (χ3n) is 4.62. The van der Waals surface area contributed by atoms with E-state index < -0.39 is 0 Å². The highest BCUT2D eigenvalue weighted by molar-refractivity contribution is 5.95. The van der Waals surface area contributed by atoms with Crippen molar-refractivity contribution in [2.45, 2.75) is 45.3 Å². The zero-order valence-corrected chi connectivity index (χ0v) is 13.6. The van der Waals surface area contributed by atoms with Gasteiger partial charge in [0.15, 0.2) is 0 Å². The van der Waals surface area contributed by atoms with E-state index in [0.717, 1.165) is 36.3 Å². The number of carbonyl (C=O) groups excluding carboxylic acids is 1. The maximum Gasteiger partial charge on any atom is 0.251 e. The average Bonchev–Trinajstić information content (AvgIpc) is 2.96. The first kappa shape index (κ1) is 15.8. The second kappa shape index (κ2) is 6.59. The van der Waals surface area contributed by atoms with Crippen LogP contribution in [0.2, 0.25) is 0 Å². The number of carbonyl (C=O) groups is 1. The van der Waals surface area contributed by atoms with E-state index in [4.69, 9.17) is 4.42 Å². The highest BCUT2D eigenvalue weighted by Gasteiger charge is 2.33. The van der Waals surface area contributed by atoms with Crippen LogP contribution in [0, 0.1) is 12.8 Å². The maximum absolute atomic E-state index is 12.5. The van der Waals surface area contributed by atoms with E-state index in [2.05, 4.69) is 12.2 Å². The molecule has 2 N–H and O–H groups in total. The topological polar surface area (TPSA) is 62.5 Å². The van der Waals surface area contributed by atoms with Crippen LogP contribution in [0.15, 0.2) is 40.8 Å². The molecular formula is C19H23NO3. The molecule has 0 spiro atoms. The Balaban J connectivity index is 1.72. The summed E-state index contributed by atoms with van der Waals surface area (Å²) in [6.45, 7) is 3.97. The molecule has 0 radical (unpaired) electrons. The Labute approximate surface area is 136 Å². The number of nitrogens with one attached hydrogen (secondary N) is 1. The van der Waals surface area contributed by atoms with Crippen LogP contribution in [0.4, 0.5) is 0 Å². The molecule has 1 fully saturated rings. The number of hydrogen-bond donors (Lipinski definition) is 2. The molecule has 1 aromatic carbocycles. The van der Waals surface area contributed by atoms with Crippen LogP contribution in [0.25, 0.3) is 11.3 Å². The smallest absolute Gasteiger partial charge is 0.251 e. The summed E-state index contributed by atoms with van der Waals surface area (Å²) in [4.78, 5) is 12.5. The number of hydrogen-bond acceptors (Lipinski definition) is 3. The first-order chi connectivity index (χ1) is 11.1. The quantitative estimate of drug-likeness (QED) is 0.887.